The van der Waals surface area contributed by atoms with Crippen LogP contribution in [0.3, 0.4) is 0 Å². The normalized spacial score (nSPS) is 19.0. The molecule has 6 nitrogen and oxygen atoms in total. The monoisotopic (exact) mass is 395 g/mol. The molecule has 0 aliphatic carbocycles. The molecule has 1 aliphatic rings. The number of carbonyl (C=O) groups excluding carboxylic acids is 3. The van der Waals surface area contributed by atoms with Gasteiger partial charge in [0, 0.05) is 11.6 Å². The molecule has 3 rings (SSSR count). The fourth-order valence-corrected chi connectivity index (χ4v) is 2.83. The number of benzene rings is 2. The summed E-state index contributed by atoms with van der Waals surface area (Å²) in [6.07, 6.45) is 0. The number of urea groups is 1. The minimum Gasteiger partial charge on any atom is -0.322 e. The van der Waals surface area contributed by atoms with E-state index in [9.17, 15) is 31.9 Å². The summed E-state index contributed by atoms with van der Waals surface area (Å²) < 4.78 is 54.3. The average Bonchev–Trinajstić information content (AvgIpc) is 2.84. The number of amides is 4. The molecular formula is C18H13F4N3O3. The second-order valence-corrected chi connectivity index (χ2v) is 6.24. The summed E-state index contributed by atoms with van der Waals surface area (Å²) in [5.41, 5.74) is -2.82. The summed E-state index contributed by atoms with van der Waals surface area (Å²) in [5.74, 6) is -5.46. The Kier molecular flexibility index (Phi) is 4.80. The summed E-state index contributed by atoms with van der Waals surface area (Å²) in [6, 6.07) is 3.76. The Balaban J connectivity index is 1.81. The van der Waals surface area contributed by atoms with Gasteiger partial charge in [-0.3, -0.25) is 14.5 Å². The molecule has 0 bridgehead atoms. The van der Waals surface area contributed by atoms with Gasteiger partial charge in [0.15, 0.2) is 0 Å². The van der Waals surface area contributed by atoms with E-state index in [1.807, 2.05) is 5.32 Å². The van der Waals surface area contributed by atoms with E-state index < -0.39 is 64.4 Å². The first-order valence-corrected chi connectivity index (χ1v) is 7.96. The fourth-order valence-electron chi connectivity index (χ4n) is 2.83. The number of carbonyl (C=O) groups is 3. The third kappa shape index (κ3) is 3.40. The highest BCUT2D eigenvalue weighted by Crippen LogP contribution is 2.31. The zero-order valence-corrected chi connectivity index (χ0v) is 14.4. The van der Waals surface area contributed by atoms with Gasteiger partial charge in [0.25, 0.3) is 5.91 Å². The van der Waals surface area contributed by atoms with Crippen molar-refractivity contribution in [2.75, 3.05) is 11.9 Å². The van der Waals surface area contributed by atoms with Crippen LogP contribution in [0.15, 0.2) is 36.4 Å². The van der Waals surface area contributed by atoms with Gasteiger partial charge in [0.2, 0.25) is 5.91 Å². The number of hydrogen-bond donors (Lipinski definition) is 2. The molecule has 28 heavy (non-hydrogen) atoms. The van der Waals surface area contributed by atoms with Gasteiger partial charge in [-0.2, -0.15) is 0 Å². The molecule has 10 heteroatoms. The van der Waals surface area contributed by atoms with Crippen LogP contribution in [-0.2, 0) is 15.1 Å². The molecule has 2 aromatic rings. The third-order valence-corrected chi connectivity index (χ3v) is 4.25. The topological polar surface area (TPSA) is 78.5 Å². The summed E-state index contributed by atoms with van der Waals surface area (Å²) in [5, 5.41) is 4.27. The Morgan fingerprint density at radius 3 is 2.32 bits per heavy atom. The van der Waals surface area contributed by atoms with Crippen molar-refractivity contribution < 1.29 is 31.9 Å². The third-order valence-electron chi connectivity index (χ3n) is 4.25. The maximum Gasteiger partial charge on any atom is 0.325 e. The number of rotatable bonds is 4. The van der Waals surface area contributed by atoms with Gasteiger partial charge in [0.05, 0.1) is 5.69 Å². The van der Waals surface area contributed by atoms with E-state index >= 15 is 0 Å². The van der Waals surface area contributed by atoms with Crippen molar-refractivity contribution in [1.82, 2.24) is 10.2 Å². The van der Waals surface area contributed by atoms with Crippen LogP contribution in [0.2, 0.25) is 0 Å². The quantitative estimate of drug-likeness (QED) is 0.617. The maximum atomic E-state index is 14.1. The SMILES string of the molecule is C[C@]1(c2cc(F)ccc2F)NC(=O)N(CC(=O)Nc2cc(F)ccc2F)C1=O. The summed E-state index contributed by atoms with van der Waals surface area (Å²) in [4.78, 5) is 37.3. The molecule has 1 aliphatic heterocycles. The van der Waals surface area contributed by atoms with Gasteiger partial charge in [-0.05, 0) is 37.3 Å². The highest BCUT2D eigenvalue weighted by Gasteiger charge is 2.50. The molecule has 1 heterocycles. The van der Waals surface area contributed by atoms with Gasteiger partial charge in [-0.25, -0.2) is 22.4 Å². The molecule has 0 radical (unpaired) electrons. The van der Waals surface area contributed by atoms with Crippen LogP contribution in [0.5, 0.6) is 0 Å². The number of halogens is 4. The predicted octanol–water partition coefficient (Wildman–Crippen LogP) is 2.65. The van der Waals surface area contributed by atoms with E-state index in [2.05, 4.69) is 5.32 Å². The number of nitrogens with zero attached hydrogens (tertiary/aromatic N) is 1. The predicted molar refractivity (Wildman–Crippen MR) is 88.9 cm³/mol. The van der Waals surface area contributed by atoms with Gasteiger partial charge in [-0.15, -0.1) is 0 Å². The van der Waals surface area contributed by atoms with Crippen molar-refractivity contribution in [2.24, 2.45) is 0 Å². The molecule has 4 amide bonds. The minimum absolute atomic E-state index is 0.412. The first kappa shape index (κ1) is 19.3. The molecule has 1 saturated heterocycles. The van der Waals surface area contributed by atoms with Crippen molar-refractivity contribution in [3.63, 3.8) is 0 Å². The Hall–Kier alpha value is -3.43. The summed E-state index contributed by atoms with van der Waals surface area (Å²) >= 11 is 0. The van der Waals surface area contributed by atoms with Crippen molar-refractivity contribution in [1.29, 1.82) is 0 Å². The molecule has 0 unspecified atom stereocenters. The van der Waals surface area contributed by atoms with Crippen LogP contribution < -0.4 is 10.6 Å². The van der Waals surface area contributed by atoms with Crippen molar-refractivity contribution in [3.8, 4) is 0 Å². The zero-order chi connectivity index (χ0) is 20.6. The van der Waals surface area contributed by atoms with E-state index in [0.717, 1.165) is 43.3 Å². The largest absolute Gasteiger partial charge is 0.325 e. The number of imide groups is 1. The Morgan fingerprint density at radius 1 is 1.04 bits per heavy atom. The van der Waals surface area contributed by atoms with Crippen LogP contribution in [0, 0.1) is 23.3 Å². The Morgan fingerprint density at radius 2 is 1.64 bits per heavy atom. The molecule has 1 fully saturated rings. The van der Waals surface area contributed by atoms with Crippen LogP contribution in [-0.4, -0.2) is 29.3 Å². The summed E-state index contributed by atoms with van der Waals surface area (Å²) in [6.45, 7) is 0.322. The van der Waals surface area contributed by atoms with E-state index in [1.165, 1.54) is 0 Å². The minimum atomic E-state index is -1.94. The Bertz CT molecular complexity index is 998. The lowest BCUT2D eigenvalue weighted by atomic mass is 9.91. The maximum absolute atomic E-state index is 14.1. The van der Waals surface area contributed by atoms with Gasteiger partial charge >= 0.3 is 6.03 Å². The van der Waals surface area contributed by atoms with E-state index in [4.69, 9.17) is 0 Å². The Labute approximate surface area is 156 Å². The van der Waals surface area contributed by atoms with Crippen LogP contribution in [0.1, 0.15) is 12.5 Å². The average molecular weight is 395 g/mol. The molecule has 0 spiro atoms. The van der Waals surface area contributed by atoms with Gasteiger partial charge in [0.1, 0.15) is 35.4 Å². The van der Waals surface area contributed by atoms with Gasteiger partial charge in [-0.1, -0.05) is 0 Å². The molecule has 2 N–H and O–H groups in total. The van der Waals surface area contributed by atoms with E-state index in [-0.39, 0.29) is 0 Å². The molecular weight excluding hydrogens is 382 g/mol. The second kappa shape index (κ2) is 6.95. The molecule has 2 aromatic carbocycles. The molecule has 0 aromatic heterocycles. The smallest absolute Gasteiger partial charge is 0.322 e. The lowest BCUT2D eigenvalue weighted by Crippen LogP contribution is -2.42. The molecule has 0 saturated carbocycles. The first-order valence-electron chi connectivity index (χ1n) is 7.96. The van der Waals surface area contributed by atoms with E-state index in [1.54, 1.807) is 0 Å². The highest BCUT2D eigenvalue weighted by atomic mass is 19.1. The highest BCUT2D eigenvalue weighted by molar-refractivity contribution is 6.10. The molecule has 1 atom stereocenters. The number of nitrogens with one attached hydrogen (secondary N) is 2. The van der Waals surface area contributed by atoms with Crippen molar-refractivity contribution in [2.45, 2.75) is 12.5 Å². The van der Waals surface area contributed by atoms with Crippen LogP contribution >= 0.6 is 0 Å². The van der Waals surface area contributed by atoms with Crippen molar-refractivity contribution >= 4 is 23.5 Å². The van der Waals surface area contributed by atoms with Crippen molar-refractivity contribution in [3.05, 3.63) is 65.2 Å². The number of anilines is 1. The standard InChI is InChI=1S/C18H13F4N3O3/c1-18(11-6-9(19)2-4-12(11)21)16(27)25(17(28)24-18)8-15(26)23-14-7-10(20)3-5-13(14)22/h2-7H,8H2,1H3,(H,23,26)(H,24,28)/t18-/m1/s1. The fraction of sp³-hybridized carbons (Fsp3) is 0.167. The second-order valence-electron chi connectivity index (χ2n) is 6.24. The van der Waals surface area contributed by atoms with Gasteiger partial charge < -0.3 is 10.6 Å². The van der Waals surface area contributed by atoms with Crippen LogP contribution in [0.4, 0.5) is 28.0 Å². The number of hydrogen-bond acceptors (Lipinski definition) is 3. The lowest BCUT2D eigenvalue weighted by Gasteiger charge is -2.22. The van der Waals surface area contributed by atoms with Crippen LogP contribution in [0.25, 0.3) is 0 Å². The zero-order valence-electron chi connectivity index (χ0n) is 14.4. The van der Waals surface area contributed by atoms with E-state index in [0.29, 0.717) is 4.90 Å². The first-order chi connectivity index (χ1) is 13.1. The lowest BCUT2D eigenvalue weighted by molar-refractivity contribution is -0.133. The summed E-state index contributed by atoms with van der Waals surface area (Å²) in [7, 11) is 0. The molecule has 146 valence electrons.